The fourth-order valence-corrected chi connectivity index (χ4v) is 8.01. The number of aromatic nitrogens is 1. The predicted molar refractivity (Wildman–Crippen MR) is 164 cm³/mol. The Kier molecular flexibility index (Phi) is 9.56. The molecular formula is C35H48N2O5. The van der Waals surface area contributed by atoms with Crippen LogP contribution >= 0.6 is 0 Å². The van der Waals surface area contributed by atoms with Gasteiger partial charge < -0.3 is 19.3 Å². The summed E-state index contributed by atoms with van der Waals surface area (Å²) >= 11 is 0. The van der Waals surface area contributed by atoms with Crippen molar-refractivity contribution >= 4 is 11.9 Å². The Balaban J connectivity index is 1.41. The number of rotatable bonds is 8. The van der Waals surface area contributed by atoms with Crippen LogP contribution in [0, 0.1) is 17.3 Å². The van der Waals surface area contributed by atoms with Crippen LogP contribution in [0.3, 0.4) is 0 Å². The maximum atomic E-state index is 13.7. The third kappa shape index (κ3) is 6.36. The van der Waals surface area contributed by atoms with Crippen molar-refractivity contribution < 1.29 is 19.4 Å². The van der Waals surface area contributed by atoms with Crippen molar-refractivity contribution in [3.8, 4) is 11.1 Å². The Bertz CT molecular complexity index is 1290. The van der Waals surface area contributed by atoms with E-state index in [0.717, 1.165) is 44.1 Å². The highest BCUT2D eigenvalue weighted by molar-refractivity contribution is 5.96. The molecule has 3 fully saturated rings. The first-order valence-corrected chi connectivity index (χ1v) is 16.2. The van der Waals surface area contributed by atoms with E-state index in [2.05, 4.69) is 6.92 Å². The number of hydrogen-bond donors (Lipinski definition) is 1. The molecule has 2 heterocycles. The number of benzene rings is 1. The molecule has 0 radical (unpaired) electrons. The number of carbonyl (C=O) groups is 2. The van der Waals surface area contributed by atoms with E-state index in [1.807, 2.05) is 35.2 Å². The standard InChI is InChI=1S/C35H48N2O5/c1-3-42-33(40)30-23-37(31(38)22-29(30)28-15-9-5-10-16-28)25-35(41)19-20-36(24-34(35)17-11-6-12-18-34)32(39)26(2)21-27-13-7-4-8-14-27/h5,9-10,15-16,22-23,26-27,41H,3-4,6-8,11-14,17-21,24-25H2,1-2H3. The van der Waals surface area contributed by atoms with Gasteiger partial charge in [-0.3, -0.25) is 9.59 Å². The first-order chi connectivity index (χ1) is 20.2. The minimum absolute atomic E-state index is 0.0137. The number of esters is 1. The highest BCUT2D eigenvalue weighted by Gasteiger charge is 2.55. The van der Waals surface area contributed by atoms with Gasteiger partial charge in [-0.2, -0.15) is 0 Å². The molecule has 2 aromatic rings. The Morgan fingerprint density at radius 3 is 2.40 bits per heavy atom. The average molecular weight is 577 g/mol. The molecule has 7 heteroatoms. The van der Waals surface area contributed by atoms with Gasteiger partial charge in [0.15, 0.2) is 0 Å². The summed E-state index contributed by atoms with van der Waals surface area (Å²) in [5, 5.41) is 12.4. The second kappa shape index (κ2) is 13.2. The third-order valence-corrected chi connectivity index (χ3v) is 10.4. The molecule has 3 aliphatic rings. The molecule has 1 spiro atoms. The molecule has 2 atom stereocenters. The summed E-state index contributed by atoms with van der Waals surface area (Å²) in [6, 6.07) is 10.9. The van der Waals surface area contributed by atoms with Crippen LogP contribution < -0.4 is 5.56 Å². The molecular weight excluding hydrogens is 528 g/mol. The molecule has 7 nitrogen and oxygen atoms in total. The minimum atomic E-state index is -1.17. The van der Waals surface area contributed by atoms with Crippen molar-refractivity contribution in [2.24, 2.45) is 17.3 Å². The summed E-state index contributed by atoms with van der Waals surface area (Å²) in [7, 11) is 0. The molecule has 1 saturated heterocycles. The molecule has 1 aromatic carbocycles. The summed E-state index contributed by atoms with van der Waals surface area (Å²) < 4.78 is 6.86. The summed E-state index contributed by atoms with van der Waals surface area (Å²) in [5.41, 5.74) is -0.302. The van der Waals surface area contributed by atoms with Gasteiger partial charge in [0.2, 0.25) is 5.91 Å². The lowest BCUT2D eigenvalue weighted by atomic mass is 9.59. The second-order valence-electron chi connectivity index (χ2n) is 13.2. The van der Waals surface area contributed by atoms with E-state index in [1.165, 1.54) is 42.7 Å². The maximum Gasteiger partial charge on any atom is 0.340 e. The first-order valence-electron chi connectivity index (χ1n) is 16.2. The minimum Gasteiger partial charge on any atom is -0.462 e. The van der Waals surface area contributed by atoms with Crippen LogP contribution in [0.15, 0.2) is 47.4 Å². The summed E-state index contributed by atoms with van der Waals surface area (Å²) in [6.45, 7) is 5.16. The number of hydrogen-bond acceptors (Lipinski definition) is 5. The Labute approximate surface area is 250 Å². The molecule has 2 unspecified atom stereocenters. The smallest absolute Gasteiger partial charge is 0.340 e. The summed E-state index contributed by atoms with van der Waals surface area (Å²) in [4.78, 5) is 42.3. The lowest BCUT2D eigenvalue weighted by Gasteiger charge is -2.56. The SMILES string of the molecule is CCOC(=O)c1cn(CC2(O)CCN(C(=O)C(C)CC3CCCCC3)CC23CCCCC3)c(=O)cc1-c1ccccc1. The number of ether oxygens (including phenoxy) is 1. The molecule has 5 rings (SSSR count). The molecule has 0 bridgehead atoms. The Morgan fingerprint density at radius 1 is 1.02 bits per heavy atom. The molecule has 1 aliphatic heterocycles. The molecule has 2 saturated carbocycles. The number of likely N-dealkylation sites (tertiary alicyclic amines) is 1. The summed E-state index contributed by atoms with van der Waals surface area (Å²) in [6.07, 6.45) is 14.0. The van der Waals surface area contributed by atoms with Gasteiger partial charge in [0, 0.05) is 42.2 Å². The van der Waals surface area contributed by atoms with E-state index < -0.39 is 17.0 Å². The molecule has 2 aliphatic carbocycles. The van der Waals surface area contributed by atoms with Crippen molar-refractivity contribution in [2.75, 3.05) is 19.7 Å². The van der Waals surface area contributed by atoms with E-state index in [0.29, 0.717) is 36.6 Å². The van der Waals surface area contributed by atoms with Gasteiger partial charge in [-0.05, 0) is 44.1 Å². The fourth-order valence-electron chi connectivity index (χ4n) is 8.01. The van der Waals surface area contributed by atoms with Gasteiger partial charge in [-0.15, -0.1) is 0 Å². The van der Waals surface area contributed by atoms with Crippen molar-refractivity contribution in [1.82, 2.24) is 9.47 Å². The van der Waals surface area contributed by atoms with Crippen molar-refractivity contribution in [3.63, 3.8) is 0 Å². The predicted octanol–water partition coefficient (Wildman–Crippen LogP) is 6.21. The normalized spacial score (nSPS) is 23.5. The number of piperidine rings is 1. The van der Waals surface area contributed by atoms with Gasteiger partial charge in [0.25, 0.3) is 5.56 Å². The first kappa shape index (κ1) is 30.5. The quantitative estimate of drug-likeness (QED) is 0.378. The zero-order valence-electron chi connectivity index (χ0n) is 25.5. The molecule has 228 valence electrons. The van der Waals surface area contributed by atoms with Crippen molar-refractivity contribution in [3.05, 3.63) is 58.5 Å². The van der Waals surface area contributed by atoms with Crippen molar-refractivity contribution in [1.29, 1.82) is 0 Å². The van der Waals surface area contributed by atoms with Crippen LogP contribution in [0.1, 0.15) is 101 Å². The lowest BCUT2D eigenvalue weighted by Crippen LogP contribution is -2.64. The van der Waals surface area contributed by atoms with Gasteiger partial charge in [0.05, 0.1) is 24.3 Å². The molecule has 1 N–H and O–H groups in total. The highest BCUT2D eigenvalue weighted by Crippen LogP contribution is 2.50. The zero-order valence-corrected chi connectivity index (χ0v) is 25.5. The third-order valence-electron chi connectivity index (χ3n) is 10.4. The number of aliphatic hydroxyl groups is 1. The number of carbonyl (C=O) groups excluding carboxylic acids is 2. The highest BCUT2D eigenvalue weighted by atomic mass is 16.5. The van der Waals surface area contributed by atoms with E-state index in [9.17, 15) is 19.5 Å². The van der Waals surface area contributed by atoms with Crippen LogP contribution in [0.2, 0.25) is 0 Å². The number of nitrogens with zero attached hydrogens (tertiary/aromatic N) is 2. The number of pyridine rings is 1. The molecule has 42 heavy (non-hydrogen) atoms. The maximum absolute atomic E-state index is 13.7. The van der Waals surface area contributed by atoms with Crippen molar-refractivity contribution in [2.45, 2.75) is 103 Å². The Hall–Kier alpha value is -2.93. The van der Waals surface area contributed by atoms with Gasteiger partial charge in [-0.1, -0.05) is 88.6 Å². The van der Waals surface area contributed by atoms with Gasteiger partial charge in [-0.25, -0.2) is 4.79 Å². The lowest BCUT2D eigenvalue weighted by molar-refractivity contribution is -0.173. The number of amides is 1. The zero-order chi connectivity index (χ0) is 29.7. The van der Waals surface area contributed by atoms with Crippen LogP contribution in [-0.4, -0.2) is 51.7 Å². The van der Waals surface area contributed by atoms with Gasteiger partial charge >= 0.3 is 5.97 Å². The summed E-state index contributed by atoms with van der Waals surface area (Å²) in [5.74, 6) is 0.348. The van der Waals surface area contributed by atoms with Crippen LogP contribution in [0.4, 0.5) is 0 Å². The Morgan fingerprint density at radius 2 is 1.71 bits per heavy atom. The fraction of sp³-hybridized carbons (Fsp3) is 0.629. The second-order valence-corrected chi connectivity index (χ2v) is 13.2. The van der Waals surface area contributed by atoms with E-state index in [1.54, 1.807) is 13.1 Å². The van der Waals surface area contributed by atoms with Crippen LogP contribution in [-0.2, 0) is 16.1 Å². The van der Waals surface area contributed by atoms with Gasteiger partial charge in [0.1, 0.15) is 0 Å². The molecule has 1 amide bonds. The van der Waals surface area contributed by atoms with E-state index in [4.69, 9.17) is 4.74 Å². The van der Waals surface area contributed by atoms with E-state index in [-0.39, 0.29) is 30.5 Å². The largest absolute Gasteiger partial charge is 0.462 e. The van der Waals surface area contributed by atoms with E-state index >= 15 is 0 Å². The molecule has 1 aromatic heterocycles. The topological polar surface area (TPSA) is 88.8 Å². The monoisotopic (exact) mass is 576 g/mol. The average Bonchev–Trinajstić information content (AvgIpc) is 3.00. The van der Waals surface area contributed by atoms with Crippen LogP contribution in [0.5, 0.6) is 0 Å². The van der Waals surface area contributed by atoms with Crippen LogP contribution in [0.25, 0.3) is 11.1 Å².